The summed E-state index contributed by atoms with van der Waals surface area (Å²) in [5.74, 6) is 0.379. The fraction of sp³-hybridized carbons (Fsp3) is 0.750. The van der Waals surface area contributed by atoms with Gasteiger partial charge in [-0.1, -0.05) is 0 Å². The lowest BCUT2D eigenvalue weighted by molar-refractivity contribution is -0.130. The van der Waals surface area contributed by atoms with E-state index in [4.69, 9.17) is 11.1 Å². The van der Waals surface area contributed by atoms with Crippen molar-refractivity contribution in [3.8, 4) is 0 Å². The lowest BCUT2D eigenvalue weighted by atomic mass is 9.97. The van der Waals surface area contributed by atoms with Crippen molar-refractivity contribution in [2.75, 3.05) is 13.1 Å². The Morgan fingerprint density at radius 1 is 1.67 bits per heavy atom. The summed E-state index contributed by atoms with van der Waals surface area (Å²) in [5.41, 5.74) is 5.37. The molecule has 0 spiro atoms. The van der Waals surface area contributed by atoms with Crippen LogP contribution >= 0.6 is 0 Å². The Morgan fingerprint density at radius 2 is 2.33 bits per heavy atom. The maximum atomic E-state index is 11.0. The van der Waals surface area contributed by atoms with Gasteiger partial charge in [0.05, 0.1) is 5.84 Å². The molecule has 1 aliphatic rings. The largest absolute Gasteiger partial charge is 0.387 e. The zero-order valence-corrected chi connectivity index (χ0v) is 7.34. The molecule has 1 atom stereocenters. The van der Waals surface area contributed by atoms with E-state index in [0.29, 0.717) is 6.54 Å². The molecule has 0 aliphatic carbocycles. The molecule has 1 amide bonds. The number of nitrogens with two attached hydrogens (primary N) is 1. The Labute approximate surface area is 72.2 Å². The van der Waals surface area contributed by atoms with Crippen molar-refractivity contribution in [2.24, 2.45) is 11.7 Å². The lowest BCUT2D eigenvalue weighted by Crippen LogP contribution is -2.42. The lowest BCUT2D eigenvalue weighted by Gasteiger charge is -2.31. The minimum absolute atomic E-state index is 0.0842. The van der Waals surface area contributed by atoms with Gasteiger partial charge in [0, 0.05) is 25.9 Å². The van der Waals surface area contributed by atoms with Gasteiger partial charge in [-0.05, 0) is 12.8 Å². The second-order valence-corrected chi connectivity index (χ2v) is 3.26. The maximum Gasteiger partial charge on any atom is 0.219 e. The van der Waals surface area contributed by atoms with E-state index in [0.717, 1.165) is 19.4 Å². The van der Waals surface area contributed by atoms with Gasteiger partial charge >= 0.3 is 0 Å². The van der Waals surface area contributed by atoms with Crippen LogP contribution in [0.3, 0.4) is 0 Å². The van der Waals surface area contributed by atoms with Crippen LogP contribution in [0.1, 0.15) is 19.8 Å². The summed E-state index contributed by atoms with van der Waals surface area (Å²) in [6.07, 6.45) is 1.91. The van der Waals surface area contributed by atoms with Gasteiger partial charge in [0.25, 0.3) is 0 Å². The van der Waals surface area contributed by atoms with Crippen LogP contribution in [0.5, 0.6) is 0 Å². The van der Waals surface area contributed by atoms with Gasteiger partial charge in [0.1, 0.15) is 0 Å². The minimum atomic E-state index is 0.0842. The Kier molecular flexibility index (Phi) is 2.68. The highest BCUT2D eigenvalue weighted by atomic mass is 16.2. The number of nitrogens with one attached hydrogen (secondary N) is 1. The van der Waals surface area contributed by atoms with Crippen LogP contribution in [-0.4, -0.2) is 29.7 Å². The van der Waals surface area contributed by atoms with Crippen molar-refractivity contribution in [3.05, 3.63) is 0 Å². The molecule has 4 heteroatoms. The van der Waals surface area contributed by atoms with E-state index < -0.39 is 0 Å². The van der Waals surface area contributed by atoms with Crippen molar-refractivity contribution >= 4 is 11.7 Å². The fourth-order valence-corrected chi connectivity index (χ4v) is 1.52. The van der Waals surface area contributed by atoms with E-state index in [9.17, 15) is 4.79 Å². The van der Waals surface area contributed by atoms with Crippen molar-refractivity contribution in [1.82, 2.24) is 4.90 Å². The minimum Gasteiger partial charge on any atom is -0.387 e. The van der Waals surface area contributed by atoms with Crippen molar-refractivity contribution in [3.63, 3.8) is 0 Å². The first kappa shape index (κ1) is 9.03. The van der Waals surface area contributed by atoms with Gasteiger partial charge in [-0.3, -0.25) is 10.2 Å². The third kappa shape index (κ3) is 1.96. The molecule has 0 unspecified atom stereocenters. The highest BCUT2D eigenvalue weighted by molar-refractivity contribution is 5.81. The molecule has 0 saturated carbocycles. The Balaban J connectivity index is 2.51. The topological polar surface area (TPSA) is 70.2 Å². The van der Waals surface area contributed by atoms with Crippen LogP contribution in [0.4, 0.5) is 0 Å². The molecule has 3 N–H and O–H groups in total. The summed E-state index contributed by atoms with van der Waals surface area (Å²) >= 11 is 0. The number of likely N-dealkylation sites (tertiary alicyclic amines) is 1. The number of amidine groups is 1. The number of carbonyl (C=O) groups is 1. The quantitative estimate of drug-likeness (QED) is 0.434. The highest BCUT2D eigenvalue weighted by Gasteiger charge is 2.22. The van der Waals surface area contributed by atoms with E-state index in [1.165, 1.54) is 0 Å². The average molecular weight is 169 g/mol. The number of hydrogen-bond acceptors (Lipinski definition) is 2. The highest BCUT2D eigenvalue weighted by Crippen LogP contribution is 2.15. The predicted octanol–water partition coefficient (Wildman–Crippen LogP) is 0.181. The summed E-state index contributed by atoms with van der Waals surface area (Å²) in [4.78, 5) is 12.7. The van der Waals surface area contributed by atoms with Crippen LogP contribution in [-0.2, 0) is 4.79 Å². The normalized spacial score (nSPS) is 23.8. The molecule has 1 rings (SSSR count). The van der Waals surface area contributed by atoms with E-state index in [2.05, 4.69) is 0 Å². The van der Waals surface area contributed by atoms with Crippen LogP contribution < -0.4 is 5.73 Å². The number of carbonyl (C=O) groups excluding carboxylic acids is 1. The predicted molar refractivity (Wildman–Crippen MR) is 46.9 cm³/mol. The van der Waals surface area contributed by atoms with E-state index in [-0.39, 0.29) is 17.7 Å². The fourth-order valence-electron chi connectivity index (χ4n) is 1.52. The van der Waals surface area contributed by atoms with Crippen LogP contribution in [0.15, 0.2) is 0 Å². The number of hydrogen-bond donors (Lipinski definition) is 2. The smallest absolute Gasteiger partial charge is 0.219 e. The van der Waals surface area contributed by atoms with Gasteiger partial charge in [0.15, 0.2) is 0 Å². The number of amides is 1. The second-order valence-electron chi connectivity index (χ2n) is 3.26. The third-order valence-corrected chi connectivity index (χ3v) is 2.31. The van der Waals surface area contributed by atoms with Crippen molar-refractivity contribution in [2.45, 2.75) is 19.8 Å². The van der Waals surface area contributed by atoms with Crippen molar-refractivity contribution in [1.29, 1.82) is 5.41 Å². The molecule has 0 radical (unpaired) electrons. The molecule has 0 aromatic heterocycles. The van der Waals surface area contributed by atoms with Gasteiger partial charge in [-0.25, -0.2) is 0 Å². The van der Waals surface area contributed by atoms with E-state index >= 15 is 0 Å². The molecular weight excluding hydrogens is 154 g/mol. The Bertz CT molecular complexity index is 182. The molecule has 12 heavy (non-hydrogen) atoms. The Hall–Kier alpha value is -1.06. The number of rotatable bonds is 1. The van der Waals surface area contributed by atoms with E-state index in [1.54, 1.807) is 11.8 Å². The molecule has 1 heterocycles. The third-order valence-electron chi connectivity index (χ3n) is 2.31. The van der Waals surface area contributed by atoms with Gasteiger partial charge in [0.2, 0.25) is 5.91 Å². The molecule has 0 aromatic carbocycles. The molecule has 0 aromatic rings. The summed E-state index contributed by atoms with van der Waals surface area (Å²) in [6, 6.07) is 0. The molecular formula is C8H15N3O. The first-order valence-electron chi connectivity index (χ1n) is 4.20. The maximum absolute atomic E-state index is 11.0. The molecule has 1 fully saturated rings. The molecule has 4 nitrogen and oxygen atoms in total. The summed E-state index contributed by atoms with van der Waals surface area (Å²) in [6.45, 7) is 3.01. The molecule has 1 aliphatic heterocycles. The van der Waals surface area contributed by atoms with Gasteiger partial charge in [-0.15, -0.1) is 0 Å². The summed E-state index contributed by atoms with van der Waals surface area (Å²) in [5, 5.41) is 7.26. The average Bonchev–Trinajstić information content (AvgIpc) is 2.04. The summed E-state index contributed by atoms with van der Waals surface area (Å²) < 4.78 is 0. The van der Waals surface area contributed by atoms with E-state index in [1.807, 2.05) is 0 Å². The zero-order chi connectivity index (χ0) is 9.14. The van der Waals surface area contributed by atoms with Gasteiger partial charge < -0.3 is 10.6 Å². The SMILES string of the molecule is CC(=O)N1CCC[C@@H](C(=N)N)C1. The summed E-state index contributed by atoms with van der Waals surface area (Å²) in [7, 11) is 0. The molecule has 0 bridgehead atoms. The first-order chi connectivity index (χ1) is 5.61. The van der Waals surface area contributed by atoms with Crippen LogP contribution in [0, 0.1) is 11.3 Å². The van der Waals surface area contributed by atoms with Gasteiger partial charge in [-0.2, -0.15) is 0 Å². The number of piperidine rings is 1. The molecule has 1 saturated heterocycles. The Morgan fingerprint density at radius 3 is 2.83 bits per heavy atom. The first-order valence-corrected chi connectivity index (χ1v) is 4.20. The zero-order valence-electron chi connectivity index (χ0n) is 7.34. The number of nitrogens with zero attached hydrogens (tertiary/aromatic N) is 1. The second kappa shape index (κ2) is 3.56. The van der Waals surface area contributed by atoms with Crippen LogP contribution in [0.25, 0.3) is 0 Å². The molecule has 68 valence electrons. The van der Waals surface area contributed by atoms with Crippen molar-refractivity contribution < 1.29 is 4.79 Å². The standard InChI is InChI=1S/C8H15N3O/c1-6(12)11-4-2-3-7(5-11)8(9)10/h7H,2-5H2,1H3,(H3,9,10)/t7-/m1/s1. The monoisotopic (exact) mass is 169 g/mol. The van der Waals surface area contributed by atoms with Crippen LogP contribution in [0.2, 0.25) is 0 Å².